The minimum absolute atomic E-state index is 0.136. The zero-order valence-corrected chi connectivity index (χ0v) is 11.5. The fraction of sp³-hybridized carbons (Fsp3) is 0.583. The van der Waals surface area contributed by atoms with E-state index in [0.29, 0.717) is 12.6 Å². The number of carbonyl (C=O) groups is 1. The maximum Gasteiger partial charge on any atom is 0.234 e. The second-order valence-corrected chi connectivity index (χ2v) is 6.15. The van der Waals surface area contributed by atoms with Crippen molar-refractivity contribution in [2.45, 2.75) is 32.4 Å². The normalized spacial score (nSPS) is 15.2. The smallest absolute Gasteiger partial charge is 0.234 e. The average Bonchev–Trinajstić information content (AvgIpc) is 3.00. The van der Waals surface area contributed by atoms with E-state index in [0.717, 1.165) is 30.3 Å². The molecule has 1 aromatic rings. The van der Waals surface area contributed by atoms with Crippen LogP contribution in [-0.2, 0) is 11.3 Å². The Morgan fingerprint density at radius 3 is 2.88 bits per heavy atom. The van der Waals surface area contributed by atoms with Crippen LogP contribution in [0, 0.1) is 0 Å². The molecule has 94 valence electrons. The second kappa shape index (κ2) is 5.85. The van der Waals surface area contributed by atoms with Crippen molar-refractivity contribution >= 4 is 28.8 Å². The molecule has 3 nitrogen and oxygen atoms in total. The molecule has 0 unspecified atom stereocenters. The third-order valence-corrected chi connectivity index (χ3v) is 3.98. The minimum atomic E-state index is 0.136. The zero-order chi connectivity index (χ0) is 12.3. The summed E-state index contributed by atoms with van der Waals surface area (Å²) in [7, 11) is 0. The second-order valence-electron chi connectivity index (χ2n) is 4.35. The summed E-state index contributed by atoms with van der Waals surface area (Å²) in [6.45, 7) is 4.21. The molecule has 0 atom stereocenters. The Morgan fingerprint density at radius 2 is 2.35 bits per heavy atom. The highest BCUT2D eigenvalue weighted by Crippen LogP contribution is 2.22. The topological polar surface area (TPSA) is 32.3 Å². The Balaban J connectivity index is 1.80. The molecule has 1 N–H and O–H groups in total. The molecular weight excluding hydrogens is 256 g/mol. The number of hydrogen-bond donors (Lipinski definition) is 1. The van der Waals surface area contributed by atoms with Crippen molar-refractivity contribution < 1.29 is 4.79 Å². The first-order valence-corrected chi connectivity index (χ1v) is 7.12. The molecule has 0 aliphatic heterocycles. The minimum Gasteiger partial charge on any atom is -0.352 e. The summed E-state index contributed by atoms with van der Waals surface area (Å²) in [6, 6.07) is 4.37. The molecule has 2 rings (SSSR count). The molecule has 1 aliphatic rings. The number of hydrogen-bond acceptors (Lipinski definition) is 3. The Kier molecular flexibility index (Phi) is 4.42. The largest absolute Gasteiger partial charge is 0.352 e. The first kappa shape index (κ1) is 12.9. The lowest BCUT2D eigenvalue weighted by atomic mass is 10.4. The van der Waals surface area contributed by atoms with E-state index in [1.165, 1.54) is 4.88 Å². The molecule has 1 amide bonds. The van der Waals surface area contributed by atoms with Crippen LogP contribution in [-0.4, -0.2) is 29.9 Å². The highest BCUT2D eigenvalue weighted by molar-refractivity contribution is 7.16. The van der Waals surface area contributed by atoms with Gasteiger partial charge >= 0.3 is 0 Å². The maximum atomic E-state index is 11.7. The lowest BCUT2D eigenvalue weighted by Crippen LogP contribution is -2.37. The predicted octanol–water partition coefficient (Wildman–Crippen LogP) is 2.50. The summed E-state index contributed by atoms with van der Waals surface area (Å²) in [5, 5.41) is 3.01. The summed E-state index contributed by atoms with van der Waals surface area (Å²) >= 11 is 7.47. The van der Waals surface area contributed by atoms with E-state index in [-0.39, 0.29) is 5.91 Å². The predicted molar refractivity (Wildman–Crippen MR) is 71.4 cm³/mol. The van der Waals surface area contributed by atoms with Crippen molar-refractivity contribution in [3.05, 3.63) is 21.3 Å². The quantitative estimate of drug-likeness (QED) is 0.863. The van der Waals surface area contributed by atoms with Crippen LogP contribution >= 0.6 is 22.9 Å². The van der Waals surface area contributed by atoms with Crippen molar-refractivity contribution in [3.8, 4) is 0 Å². The van der Waals surface area contributed by atoms with E-state index in [2.05, 4.69) is 17.1 Å². The number of carbonyl (C=O) groups excluding carboxylic acids is 1. The van der Waals surface area contributed by atoms with Crippen LogP contribution in [0.2, 0.25) is 4.34 Å². The molecule has 0 radical (unpaired) electrons. The molecule has 1 aromatic heterocycles. The molecule has 17 heavy (non-hydrogen) atoms. The van der Waals surface area contributed by atoms with Crippen molar-refractivity contribution in [1.29, 1.82) is 0 Å². The van der Waals surface area contributed by atoms with Crippen LogP contribution in [0.1, 0.15) is 24.6 Å². The monoisotopic (exact) mass is 272 g/mol. The molecule has 1 fully saturated rings. The van der Waals surface area contributed by atoms with Crippen molar-refractivity contribution in [3.63, 3.8) is 0 Å². The Morgan fingerprint density at radius 1 is 1.59 bits per heavy atom. The maximum absolute atomic E-state index is 11.7. The van der Waals surface area contributed by atoms with Gasteiger partial charge in [0, 0.05) is 17.5 Å². The SMILES string of the molecule is CCN(CC(=O)NC1CC1)Cc1ccc(Cl)s1. The molecule has 5 heteroatoms. The number of nitrogens with one attached hydrogen (secondary N) is 1. The number of nitrogens with zero attached hydrogens (tertiary/aromatic N) is 1. The number of rotatable bonds is 6. The highest BCUT2D eigenvalue weighted by Gasteiger charge is 2.23. The lowest BCUT2D eigenvalue weighted by Gasteiger charge is -2.18. The number of thiophene rings is 1. The van der Waals surface area contributed by atoms with E-state index in [4.69, 9.17) is 11.6 Å². The summed E-state index contributed by atoms with van der Waals surface area (Å²) in [5.74, 6) is 0.136. The highest BCUT2D eigenvalue weighted by atomic mass is 35.5. The molecule has 1 aliphatic carbocycles. The first-order chi connectivity index (χ1) is 8.17. The van der Waals surface area contributed by atoms with Gasteiger partial charge in [0.1, 0.15) is 0 Å². The standard InChI is InChI=1S/C12H17ClN2OS/c1-2-15(7-10-5-6-11(13)17-10)8-12(16)14-9-3-4-9/h5-6,9H,2-4,7-8H2,1H3,(H,14,16). The average molecular weight is 273 g/mol. The number of halogens is 1. The van der Waals surface area contributed by atoms with E-state index >= 15 is 0 Å². The molecule has 0 saturated heterocycles. The van der Waals surface area contributed by atoms with Crippen molar-refractivity contribution in [2.75, 3.05) is 13.1 Å². The fourth-order valence-electron chi connectivity index (χ4n) is 1.64. The zero-order valence-electron chi connectivity index (χ0n) is 9.91. The molecule has 0 bridgehead atoms. The van der Waals surface area contributed by atoms with Gasteiger partial charge in [-0.2, -0.15) is 0 Å². The number of likely N-dealkylation sites (N-methyl/N-ethyl adjacent to an activating group) is 1. The van der Waals surface area contributed by atoms with Gasteiger partial charge in [-0.3, -0.25) is 9.69 Å². The van der Waals surface area contributed by atoms with Crippen molar-refractivity contribution in [2.24, 2.45) is 0 Å². The molecule has 1 saturated carbocycles. The van der Waals surface area contributed by atoms with Crippen LogP contribution in [0.5, 0.6) is 0 Å². The Hall–Kier alpha value is -0.580. The summed E-state index contributed by atoms with van der Waals surface area (Å²) in [6.07, 6.45) is 2.27. The van der Waals surface area contributed by atoms with Gasteiger partial charge in [0.2, 0.25) is 5.91 Å². The van der Waals surface area contributed by atoms with Gasteiger partial charge in [-0.25, -0.2) is 0 Å². The van der Waals surface area contributed by atoms with Gasteiger partial charge in [0.15, 0.2) is 0 Å². The van der Waals surface area contributed by atoms with E-state index in [1.807, 2.05) is 12.1 Å². The van der Waals surface area contributed by atoms with E-state index in [1.54, 1.807) is 11.3 Å². The molecule has 0 spiro atoms. The Bertz CT molecular complexity index is 390. The first-order valence-electron chi connectivity index (χ1n) is 5.93. The number of amides is 1. The van der Waals surface area contributed by atoms with Gasteiger partial charge in [-0.15, -0.1) is 11.3 Å². The van der Waals surface area contributed by atoms with Gasteiger partial charge in [-0.1, -0.05) is 18.5 Å². The third kappa shape index (κ3) is 4.30. The van der Waals surface area contributed by atoms with Gasteiger partial charge in [-0.05, 0) is 31.5 Å². The van der Waals surface area contributed by atoms with Crippen molar-refractivity contribution in [1.82, 2.24) is 10.2 Å². The summed E-state index contributed by atoms with van der Waals surface area (Å²) in [5.41, 5.74) is 0. The van der Waals surface area contributed by atoms with Crippen LogP contribution in [0.15, 0.2) is 12.1 Å². The lowest BCUT2D eigenvalue weighted by molar-refractivity contribution is -0.122. The van der Waals surface area contributed by atoms with Gasteiger partial charge in [0.25, 0.3) is 0 Å². The molecule has 1 heterocycles. The van der Waals surface area contributed by atoms with Crippen LogP contribution in [0.3, 0.4) is 0 Å². The summed E-state index contributed by atoms with van der Waals surface area (Å²) < 4.78 is 0.804. The van der Waals surface area contributed by atoms with Gasteiger partial charge in [0.05, 0.1) is 10.9 Å². The van der Waals surface area contributed by atoms with E-state index in [9.17, 15) is 4.79 Å². The van der Waals surface area contributed by atoms with E-state index < -0.39 is 0 Å². The summed E-state index contributed by atoms with van der Waals surface area (Å²) in [4.78, 5) is 15.0. The van der Waals surface area contributed by atoms with Crippen LogP contribution in [0.25, 0.3) is 0 Å². The van der Waals surface area contributed by atoms with Gasteiger partial charge < -0.3 is 5.32 Å². The van der Waals surface area contributed by atoms with Crippen LogP contribution < -0.4 is 5.32 Å². The molecular formula is C12H17ClN2OS. The van der Waals surface area contributed by atoms with Crippen LogP contribution in [0.4, 0.5) is 0 Å². The molecule has 0 aromatic carbocycles. The fourth-order valence-corrected chi connectivity index (χ4v) is 2.77. The Labute approximate surface area is 111 Å². The third-order valence-electron chi connectivity index (χ3n) is 2.77.